The fourth-order valence-corrected chi connectivity index (χ4v) is 2.39. The number of pyridine rings is 2. The second-order valence-corrected chi connectivity index (χ2v) is 4.77. The van der Waals surface area contributed by atoms with Crippen molar-refractivity contribution in [3.05, 3.63) is 47.4 Å². The van der Waals surface area contributed by atoms with E-state index in [0.717, 1.165) is 5.56 Å². The largest absolute Gasteiger partial charge is 0.477 e. The lowest BCUT2D eigenvalue weighted by Gasteiger charge is -2.05. The van der Waals surface area contributed by atoms with E-state index in [1.54, 1.807) is 18.3 Å². The molecule has 0 fully saturated rings. The molecule has 19 heavy (non-hydrogen) atoms. The average molecular weight is 271 g/mol. The van der Waals surface area contributed by atoms with Crippen molar-refractivity contribution in [3.8, 4) is 6.07 Å². The number of carboxylic acid groups (broad SMARTS) is 1. The Kier molecular flexibility index (Phi) is 3.78. The zero-order chi connectivity index (χ0) is 13.8. The standard InChI is InChI=1S/C13H9N3O2S/c1-8-2-4-16-12(10(8)7-14)19-9-3-5-15-11(6-9)13(17)18/h2-6H,1H3,(H,17,18). The molecule has 0 radical (unpaired) electrons. The number of rotatable bonds is 3. The van der Waals surface area contributed by atoms with Crippen LogP contribution in [0.15, 0.2) is 40.5 Å². The first-order valence-corrected chi connectivity index (χ1v) is 6.16. The van der Waals surface area contributed by atoms with Gasteiger partial charge in [0.2, 0.25) is 0 Å². The van der Waals surface area contributed by atoms with Crippen molar-refractivity contribution in [2.24, 2.45) is 0 Å². The number of aryl methyl sites for hydroxylation is 1. The average Bonchev–Trinajstić information content (AvgIpc) is 2.39. The summed E-state index contributed by atoms with van der Waals surface area (Å²) in [6, 6.07) is 7.01. The van der Waals surface area contributed by atoms with Crippen LogP contribution in [0.3, 0.4) is 0 Å². The van der Waals surface area contributed by atoms with Gasteiger partial charge >= 0.3 is 5.97 Å². The molecule has 0 aliphatic rings. The van der Waals surface area contributed by atoms with E-state index in [4.69, 9.17) is 10.4 Å². The van der Waals surface area contributed by atoms with E-state index in [9.17, 15) is 4.79 Å². The highest BCUT2D eigenvalue weighted by Gasteiger charge is 2.10. The summed E-state index contributed by atoms with van der Waals surface area (Å²) in [4.78, 5) is 19.4. The molecule has 1 N–H and O–H groups in total. The van der Waals surface area contributed by atoms with E-state index in [1.165, 1.54) is 24.0 Å². The lowest BCUT2D eigenvalue weighted by molar-refractivity contribution is 0.0690. The Morgan fingerprint density at radius 3 is 2.79 bits per heavy atom. The number of carbonyl (C=O) groups is 1. The van der Waals surface area contributed by atoms with Gasteiger partial charge in [-0.15, -0.1) is 0 Å². The van der Waals surface area contributed by atoms with E-state index in [0.29, 0.717) is 15.5 Å². The topological polar surface area (TPSA) is 86.9 Å². The van der Waals surface area contributed by atoms with Crippen LogP contribution in [-0.4, -0.2) is 21.0 Å². The summed E-state index contributed by atoms with van der Waals surface area (Å²) >= 11 is 1.25. The van der Waals surface area contributed by atoms with Crippen LogP contribution >= 0.6 is 11.8 Å². The molecule has 6 heteroatoms. The van der Waals surface area contributed by atoms with Gasteiger partial charge in [-0.25, -0.2) is 14.8 Å². The Morgan fingerprint density at radius 2 is 2.11 bits per heavy atom. The number of aromatic nitrogens is 2. The normalized spacial score (nSPS) is 9.89. The summed E-state index contributed by atoms with van der Waals surface area (Å²) in [6.07, 6.45) is 3.05. The monoisotopic (exact) mass is 271 g/mol. The second kappa shape index (κ2) is 5.50. The summed E-state index contributed by atoms with van der Waals surface area (Å²) < 4.78 is 0. The Labute approximate surface area is 113 Å². The molecule has 2 aromatic rings. The fraction of sp³-hybridized carbons (Fsp3) is 0.0769. The van der Waals surface area contributed by atoms with Crippen molar-refractivity contribution in [1.29, 1.82) is 5.26 Å². The van der Waals surface area contributed by atoms with Gasteiger partial charge in [-0.2, -0.15) is 5.26 Å². The number of aromatic carboxylic acids is 1. The molecule has 0 spiro atoms. The van der Waals surface area contributed by atoms with Crippen molar-refractivity contribution in [2.75, 3.05) is 0 Å². The number of nitrogens with zero attached hydrogens (tertiary/aromatic N) is 3. The van der Waals surface area contributed by atoms with E-state index < -0.39 is 5.97 Å². The molecule has 0 aromatic carbocycles. The minimum Gasteiger partial charge on any atom is -0.477 e. The highest BCUT2D eigenvalue weighted by molar-refractivity contribution is 7.99. The number of hydrogen-bond acceptors (Lipinski definition) is 5. The molecule has 2 aromatic heterocycles. The predicted molar refractivity (Wildman–Crippen MR) is 69.0 cm³/mol. The smallest absolute Gasteiger partial charge is 0.354 e. The van der Waals surface area contributed by atoms with E-state index in [-0.39, 0.29) is 5.69 Å². The molecular formula is C13H9N3O2S. The second-order valence-electron chi connectivity index (χ2n) is 3.70. The highest BCUT2D eigenvalue weighted by atomic mass is 32.2. The first-order valence-electron chi connectivity index (χ1n) is 5.34. The Hall–Kier alpha value is -2.39. The molecule has 0 atom stereocenters. The molecule has 0 aliphatic heterocycles. The number of hydrogen-bond donors (Lipinski definition) is 1. The summed E-state index contributed by atoms with van der Waals surface area (Å²) in [5, 5.41) is 18.6. The fourth-order valence-electron chi connectivity index (χ4n) is 1.45. The molecule has 0 saturated heterocycles. The Morgan fingerprint density at radius 1 is 1.37 bits per heavy atom. The maximum absolute atomic E-state index is 10.8. The van der Waals surface area contributed by atoms with Gasteiger partial charge in [-0.05, 0) is 30.7 Å². The summed E-state index contributed by atoms with van der Waals surface area (Å²) in [5.74, 6) is -1.08. The number of carboxylic acids is 1. The maximum Gasteiger partial charge on any atom is 0.354 e. The molecule has 2 rings (SSSR count). The van der Waals surface area contributed by atoms with Gasteiger partial charge in [-0.1, -0.05) is 11.8 Å². The van der Waals surface area contributed by atoms with Crippen LogP contribution in [0.1, 0.15) is 21.6 Å². The van der Waals surface area contributed by atoms with E-state index in [2.05, 4.69) is 16.0 Å². The van der Waals surface area contributed by atoms with Gasteiger partial charge in [0.15, 0.2) is 0 Å². The zero-order valence-corrected chi connectivity index (χ0v) is 10.8. The van der Waals surface area contributed by atoms with Gasteiger partial charge in [0, 0.05) is 17.3 Å². The third kappa shape index (κ3) is 2.89. The predicted octanol–water partition coefficient (Wildman–Crippen LogP) is 2.51. The van der Waals surface area contributed by atoms with Crippen LogP contribution in [0.2, 0.25) is 0 Å². The first kappa shape index (κ1) is 13.1. The van der Waals surface area contributed by atoms with E-state index in [1.807, 2.05) is 6.92 Å². The van der Waals surface area contributed by atoms with Gasteiger partial charge in [-0.3, -0.25) is 0 Å². The zero-order valence-electron chi connectivity index (χ0n) is 9.99. The molecule has 94 valence electrons. The van der Waals surface area contributed by atoms with Gasteiger partial charge < -0.3 is 5.11 Å². The quantitative estimate of drug-likeness (QED) is 0.922. The third-order valence-corrected chi connectivity index (χ3v) is 3.39. The van der Waals surface area contributed by atoms with Gasteiger partial charge in [0.05, 0.1) is 5.56 Å². The molecule has 5 nitrogen and oxygen atoms in total. The molecule has 0 aliphatic carbocycles. The molecule has 2 heterocycles. The summed E-state index contributed by atoms with van der Waals surface area (Å²) in [6.45, 7) is 1.83. The molecule has 0 saturated carbocycles. The number of nitriles is 1. The minimum absolute atomic E-state index is 0.0313. The third-order valence-electron chi connectivity index (χ3n) is 2.40. The molecule has 0 unspecified atom stereocenters. The molecular weight excluding hydrogens is 262 g/mol. The van der Waals surface area contributed by atoms with Crippen LogP contribution in [0.5, 0.6) is 0 Å². The highest BCUT2D eigenvalue weighted by Crippen LogP contribution is 2.29. The van der Waals surface area contributed by atoms with E-state index >= 15 is 0 Å². The maximum atomic E-state index is 10.8. The van der Waals surface area contributed by atoms with Crippen LogP contribution in [0.25, 0.3) is 0 Å². The lowest BCUT2D eigenvalue weighted by Crippen LogP contribution is -1.99. The van der Waals surface area contributed by atoms with Crippen LogP contribution in [0, 0.1) is 18.3 Å². The van der Waals surface area contributed by atoms with Gasteiger partial charge in [0.1, 0.15) is 16.8 Å². The van der Waals surface area contributed by atoms with Crippen LogP contribution < -0.4 is 0 Å². The first-order chi connectivity index (χ1) is 9.11. The van der Waals surface area contributed by atoms with Crippen LogP contribution in [0.4, 0.5) is 0 Å². The van der Waals surface area contributed by atoms with Crippen molar-refractivity contribution >= 4 is 17.7 Å². The summed E-state index contributed by atoms with van der Waals surface area (Å²) in [5.41, 5.74) is 1.31. The Bertz CT molecular complexity index is 680. The summed E-state index contributed by atoms with van der Waals surface area (Å²) in [7, 11) is 0. The lowest BCUT2D eigenvalue weighted by atomic mass is 10.2. The van der Waals surface area contributed by atoms with Crippen LogP contribution in [-0.2, 0) is 0 Å². The van der Waals surface area contributed by atoms with Gasteiger partial charge in [0.25, 0.3) is 0 Å². The Balaban J connectivity index is 2.37. The van der Waals surface area contributed by atoms with Crippen molar-refractivity contribution in [3.63, 3.8) is 0 Å². The van der Waals surface area contributed by atoms with Crippen molar-refractivity contribution in [1.82, 2.24) is 9.97 Å². The molecule has 0 bridgehead atoms. The van der Waals surface area contributed by atoms with Crippen molar-refractivity contribution < 1.29 is 9.90 Å². The SMILES string of the molecule is Cc1ccnc(Sc2ccnc(C(=O)O)c2)c1C#N. The van der Waals surface area contributed by atoms with Crippen molar-refractivity contribution in [2.45, 2.75) is 16.8 Å². The molecule has 0 amide bonds. The minimum atomic E-state index is -1.08.